The molecule has 0 bridgehead atoms. The van der Waals surface area contributed by atoms with Gasteiger partial charge in [-0.15, -0.1) is 0 Å². The second-order valence-electron chi connectivity index (χ2n) is 9.64. The number of carbonyl (C=O) groups excluding carboxylic acids is 1. The van der Waals surface area contributed by atoms with Crippen LogP contribution >= 0.6 is 0 Å². The van der Waals surface area contributed by atoms with E-state index < -0.39 is 11.7 Å². The minimum atomic E-state index is -0.551. The monoisotopic (exact) mass is 452 g/mol. The van der Waals surface area contributed by atoms with Gasteiger partial charge in [0.25, 0.3) is 0 Å². The van der Waals surface area contributed by atoms with E-state index >= 15 is 0 Å². The molecule has 1 aliphatic carbocycles. The zero-order chi connectivity index (χ0) is 24.3. The van der Waals surface area contributed by atoms with Crippen molar-refractivity contribution in [2.45, 2.75) is 84.3 Å². The molecule has 0 radical (unpaired) electrons. The Bertz CT molecular complexity index is 847. The molecule has 0 spiro atoms. The summed E-state index contributed by atoms with van der Waals surface area (Å²) < 4.78 is 11.5. The molecule has 1 amide bonds. The van der Waals surface area contributed by atoms with Crippen molar-refractivity contribution in [2.24, 2.45) is 10.9 Å². The van der Waals surface area contributed by atoms with Gasteiger partial charge in [-0.05, 0) is 101 Å². The largest absolute Gasteiger partial charge is 0.490 e. The Hall–Kier alpha value is -2.82. The first-order valence-electron chi connectivity index (χ1n) is 12.0. The van der Waals surface area contributed by atoms with E-state index in [4.69, 9.17) is 9.47 Å². The normalized spacial score (nSPS) is 18.8. The van der Waals surface area contributed by atoms with Crippen molar-refractivity contribution in [1.82, 2.24) is 5.32 Å². The number of carbonyl (C=O) groups is 1. The van der Waals surface area contributed by atoms with E-state index in [-0.39, 0.29) is 6.10 Å². The third kappa shape index (κ3) is 10.1. The van der Waals surface area contributed by atoms with Crippen LogP contribution in [0.4, 0.5) is 4.79 Å². The molecule has 5 nitrogen and oxygen atoms in total. The summed E-state index contributed by atoms with van der Waals surface area (Å²) in [6.07, 6.45) is 13.8. The number of benzene rings is 1. The van der Waals surface area contributed by atoms with Crippen LogP contribution in [0.2, 0.25) is 0 Å². The van der Waals surface area contributed by atoms with Crippen molar-refractivity contribution in [2.75, 3.05) is 0 Å². The summed E-state index contributed by atoms with van der Waals surface area (Å²) in [4.78, 5) is 16.1. The number of hydrogen-bond acceptors (Lipinski definition) is 4. The van der Waals surface area contributed by atoms with Crippen LogP contribution in [-0.2, 0) is 4.74 Å². The predicted molar refractivity (Wildman–Crippen MR) is 138 cm³/mol. The van der Waals surface area contributed by atoms with Gasteiger partial charge in [0.2, 0.25) is 0 Å². The summed E-state index contributed by atoms with van der Waals surface area (Å²) in [6.45, 7) is 15.3. The van der Waals surface area contributed by atoms with Gasteiger partial charge in [0.15, 0.2) is 0 Å². The van der Waals surface area contributed by atoms with Crippen molar-refractivity contribution < 1.29 is 14.3 Å². The van der Waals surface area contributed by atoms with E-state index in [9.17, 15) is 4.79 Å². The highest BCUT2D eigenvalue weighted by Gasteiger charge is 2.26. The molecule has 2 rings (SSSR count). The van der Waals surface area contributed by atoms with Gasteiger partial charge in [-0.25, -0.2) is 4.79 Å². The number of allylic oxidation sites excluding steroid dienone is 4. The second-order valence-corrected chi connectivity index (χ2v) is 9.64. The summed E-state index contributed by atoms with van der Waals surface area (Å²) in [5.41, 5.74) is 1.81. The highest BCUT2D eigenvalue weighted by molar-refractivity contribution is 5.81. The van der Waals surface area contributed by atoms with E-state index in [0.717, 1.165) is 49.1 Å². The summed E-state index contributed by atoms with van der Waals surface area (Å²) >= 11 is 0. The van der Waals surface area contributed by atoms with Crippen LogP contribution in [0.1, 0.15) is 78.2 Å². The lowest BCUT2D eigenvalue weighted by atomic mass is 10.0. The number of nitrogens with one attached hydrogen (secondary N) is 1. The Morgan fingerprint density at radius 3 is 2.61 bits per heavy atom. The maximum atomic E-state index is 11.9. The van der Waals surface area contributed by atoms with Gasteiger partial charge < -0.3 is 9.47 Å². The summed E-state index contributed by atoms with van der Waals surface area (Å²) in [5, 5.41) is 2.68. The Balaban J connectivity index is 1.82. The fourth-order valence-corrected chi connectivity index (χ4v) is 3.83. The van der Waals surface area contributed by atoms with Gasteiger partial charge in [-0.1, -0.05) is 38.5 Å². The van der Waals surface area contributed by atoms with Crippen molar-refractivity contribution in [3.05, 3.63) is 60.3 Å². The second kappa shape index (κ2) is 13.0. The number of unbranched alkanes of at least 4 members (excludes halogenated alkanes) is 2. The predicted octanol–water partition coefficient (Wildman–Crippen LogP) is 7.45. The zero-order valence-corrected chi connectivity index (χ0v) is 20.7. The van der Waals surface area contributed by atoms with Crippen LogP contribution in [-0.4, -0.2) is 24.5 Å². The summed E-state index contributed by atoms with van der Waals surface area (Å²) in [7, 11) is 0. The molecule has 0 aromatic heterocycles. The van der Waals surface area contributed by atoms with Crippen LogP contribution < -0.4 is 10.1 Å². The van der Waals surface area contributed by atoms with Crippen molar-refractivity contribution >= 4 is 18.5 Å². The maximum Gasteiger partial charge on any atom is 0.412 e. The number of hydrogen-bond donors (Lipinski definition) is 1. The molecule has 1 N–H and O–H groups in total. The zero-order valence-electron chi connectivity index (χ0n) is 20.7. The topological polar surface area (TPSA) is 59.9 Å². The molecular formula is C28H40N2O3. The highest BCUT2D eigenvalue weighted by atomic mass is 16.6. The molecule has 5 heteroatoms. The van der Waals surface area contributed by atoms with Gasteiger partial charge in [0.1, 0.15) is 11.4 Å². The molecule has 1 unspecified atom stereocenters. The molecule has 1 aromatic rings. The summed E-state index contributed by atoms with van der Waals surface area (Å²) in [5.74, 6) is 1.39. The smallest absolute Gasteiger partial charge is 0.412 e. The Morgan fingerprint density at radius 1 is 1.24 bits per heavy atom. The number of alkyl carbamates (subject to hydrolysis) is 1. The van der Waals surface area contributed by atoms with Crippen LogP contribution in [0.3, 0.4) is 0 Å². The van der Waals surface area contributed by atoms with Crippen molar-refractivity contribution in [3.8, 4) is 5.75 Å². The van der Waals surface area contributed by atoms with E-state index in [1.807, 2.05) is 45.0 Å². The Labute approximate surface area is 199 Å². The minimum absolute atomic E-state index is 0.204. The minimum Gasteiger partial charge on any atom is -0.490 e. The fourth-order valence-electron chi connectivity index (χ4n) is 3.83. The molecule has 2 atom stereocenters. The van der Waals surface area contributed by atoms with E-state index in [0.29, 0.717) is 11.6 Å². The first-order chi connectivity index (χ1) is 15.7. The highest BCUT2D eigenvalue weighted by Crippen LogP contribution is 2.33. The molecule has 1 saturated carbocycles. The first-order valence-corrected chi connectivity index (χ1v) is 12.0. The number of ether oxygens (including phenoxy) is 2. The third-order valence-corrected chi connectivity index (χ3v) is 5.50. The molecule has 33 heavy (non-hydrogen) atoms. The van der Waals surface area contributed by atoms with Crippen LogP contribution in [0, 0.1) is 5.92 Å². The fraction of sp³-hybridized carbons (Fsp3) is 0.500. The Morgan fingerprint density at radius 2 is 1.97 bits per heavy atom. The maximum absolute atomic E-state index is 11.9. The van der Waals surface area contributed by atoms with Crippen LogP contribution in [0.25, 0.3) is 5.70 Å². The first kappa shape index (κ1) is 26.4. The summed E-state index contributed by atoms with van der Waals surface area (Å²) in [6, 6.07) is 7.63. The quantitative estimate of drug-likeness (QED) is 0.215. The SMILES string of the molecule is C=N/C(=C\C=C/CCCC)CC1CC[C@H](Oc2ccc(C(=C)NC(=O)OC(C)(C)C)cc2)C1. The number of rotatable bonds is 11. The molecule has 1 aromatic carbocycles. The van der Waals surface area contributed by atoms with Crippen molar-refractivity contribution in [1.29, 1.82) is 0 Å². The average molecular weight is 453 g/mol. The third-order valence-electron chi connectivity index (χ3n) is 5.50. The molecule has 0 aliphatic heterocycles. The number of aliphatic imine (C=N–C) groups is 1. The van der Waals surface area contributed by atoms with Gasteiger partial charge in [0.05, 0.1) is 6.10 Å². The standard InChI is InChI=1S/C28H40N2O3/c1-7-8-9-10-11-12-24(29-6)19-22-13-16-26(20-22)32-25-17-14-23(15-18-25)21(2)30-27(31)33-28(3,4)5/h10-12,14-15,17-18,22,26H,2,6-9,13,16,19-20H2,1,3-5H3,(H,30,31)/b11-10-,24-12-/t22?,26-/m0/s1. The van der Waals surface area contributed by atoms with E-state index in [1.54, 1.807) is 0 Å². The van der Waals surface area contributed by atoms with Gasteiger partial charge in [-0.2, -0.15) is 0 Å². The Kier molecular flexibility index (Phi) is 10.4. The average Bonchev–Trinajstić information content (AvgIpc) is 3.18. The lowest BCUT2D eigenvalue weighted by molar-refractivity contribution is 0.0558. The van der Waals surface area contributed by atoms with Crippen molar-refractivity contribution in [3.63, 3.8) is 0 Å². The number of amides is 1. The molecule has 1 aliphatic rings. The van der Waals surface area contributed by atoms with Crippen LogP contribution in [0.15, 0.2) is 59.8 Å². The molecule has 0 heterocycles. The molecule has 180 valence electrons. The van der Waals surface area contributed by atoms with Gasteiger partial charge in [0, 0.05) is 11.4 Å². The van der Waals surface area contributed by atoms with Crippen LogP contribution in [0.5, 0.6) is 5.75 Å². The van der Waals surface area contributed by atoms with E-state index in [1.165, 1.54) is 12.8 Å². The number of nitrogens with zero attached hydrogens (tertiary/aromatic N) is 1. The lowest BCUT2D eigenvalue weighted by Crippen LogP contribution is -2.31. The van der Waals surface area contributed by atoms with E-state index in [2.05, 4.69) is 48.8 Å². The lowest BCUT2D eigenvalue weighted by Gasteiger charge is -2.20. The molecule has 0 saturated heterocycles. The molecule has 1 fully saturated rings. The molecular weight excluding hydrogens is 412 g/mol. The van der Waals surface area contributed by atoms with Gasteiger partial charge >= 0.3 is 6.09 Å². The van der Waals surface area contributed by atoms with Gasteiger partial charge in [-0.3, -0.25) is 10.3 Å².